The summed E-state index contributed by atoms with van der Waals surface area (Å²) in [5.41, 5.74) is 2.05. The molecule has 1 aliphatic rings. The largest absolute Gasteiger partial charge is 0.444 e. The van der Waals surface area contributed by atoms with Gasteiger partial charge in [0.05, 0.1) is 17.9 Å². The fourth-order valence-corrected chi connectivity index (χ4v) is 3.29. The third-order valence-electron chi connectivity index (χ3n) is 4.07. The first kappa shape index (κ1) is 17.0. The molecule has 0 spiro atoms. The molecule has 2 aromatic rings. The Kier molecular flexibility index (Phi) is 4.42. The quantitative estimate of drug-likeness (QED) is 0.775. The molecule has 0 N–H and O–H groups in total. The summed E-state index contributed by atoms with van der Waals surface area (Å²) in [6, 6.07) is 1.70. The summed E-state index contributed by atoms with van der Waals surface area (Å²) in [5.74, 6) is 0. The van der Waals surface area contributed by atoms with Crippen molar-refractivity contribution in [2.75, 3.05) is 6.54 Å². The van der Waals surface area contributed by atoms with Crippen molar-refractivity contribution in [2.45, 2.75) is 58.6 Å². The number of hydrogen-bond donors (Lipinski definition) is 0. The number of amides is 1. The first-order valence-corrected chi connectivity index (χ1v) is 8.64. The Morgan fingerprint density at radius 3 is 2.83 bits per heavy atom. The molecule has 0 aromatic carbocycles. The molecule has 0 saturated carbocycles. The number of carbonyl (C=O) groups excluding carboxylic acids is 1. The highest BCUT2D eigenvalue weighted by Crippen LogP contribution is 2.32. The molecular formula is C17H23ClN4O2. The molecule has 0 aliphatic carbocycles. The molecule has 24 heavy (non-hydrogen) atoms. The molecule has 0 radical (unpaired) electrons. The molecule has 1 unspecified atom stereocenters. The lowest BCUT2D eigenvalue weighted by Crippen LogP contribution is -2.42. The lowest BCUT2D eigenvalue weighted by Gasteiger charge is -2.35. The lowest BCUT2D eigenvalue weighted by molar-refractivity contribution is 0.00906. The van der Waals surface area contributed by atoms with Gasteiger partial charge in [-0.15, -0.1) is 0 Å². The van der Waals surface area contributed by atoms with Crippen LogP contribution in [0.25, 0.3) is 5.65 Å². The van der Waals surface area contributed by atoms with E-state index in [1.54, 1.807) is 15.5 Å². The minimum absolute atomic E-state index is 0.0894. The molecule has 2 aromatic heterocycles. The van der Waals surface area contributed by atoms with Crippen LogP contribution < -0.4 is 0 Å². The Hall–Kier alpha value is -1.82. The first-order valence-electron chi connectivity index (χ1n) is 8.26. The number of carbonyl (C=O) groups is 1. The van der Waals surface area contributed by atoms with Gasteiger partial charge in [0.1, 0.15) is 10.8 Å². The Morgan fingerprint density at radius 2 is 2.12 bits per heavy atom. The number of aryl methyl sites for hydroxylation is 1. The van der Waals surface area contributed by atoms with E-state index in [0.717, 1.165) is 36.2 Å². The molecule has 1 fully saturated rings. The van der Waals surface area contributed by atoms with Crippen LogP contribution in [0.4, 0.5) is 4.79 Å². The highest BCUT2D eigenvalue weighted by Gasteiger charge is 2.33. The number of ether oxygens (including phenoxy) is 1. The summed E-state index contributed by atoms with van der Waals surface area (Å²) in [5, 5.41) is 4.69. The van der Waals surface area contributed by atoms with E-state index in [0.29, 0.717) is 11.7 Å². The predicted octanol–water partition coefficient (Wildman–Crippen LogP) is 4.15. The zero-order valence-electron chi connectivity index (χ0n) is 14.5. The van der Waals surface area contributed by atoms with Gasteiger partial charge < -0.3 is 4.74 Å². The highest BCUT2D eigenvalue weighted by atomic mass is 35.5. The van der Waals surface area contributed by atoms with Crippen LogP contribution in [0.1, 0.15) is 57.3 Å². The van der Waals surface area contributed by atoms with Gasteiger partial charge in [0.15, 0.2) is 5.65 Å². The van der Waals surface area contributed by atoms with E-state index in [2.05, 4.69) is 5.10 Å². The monoisotopic (exact) mass is 350 g/mol. The second kappa shape index (κ2) is 6.24. The Bertz CT molecular complexity index is 766. The van der Waals surface area contributed by atoms with Crippen LogP contribution in [0.3, 0.4) is 0 Å². The molecule has 3 rings (SSSR count). The van der Waals surface area contributed by atoms with E-state index in [4.69, 9.17) is 21.3 Å². The van der Waals surface area contributed by atoms with Gasteiger partial charge in [-0.2, -0.15) is 5.10 Å². The van der Waals surface area contributed by atoms with Gasteiger partial charge >= 0.3 is 6.09 Å². The van der Waals surface area contributed by atoms with Crippen molar-refractivity contribution in [2.24, 2.45) is 0 Å². The first-order chi connectivity index (χ1) is 11.2. The highest BCUT2D eigenvalue weighted by molar-refractivity contribution is 6.29. The van der Waals surface area contributed by atoms with E-state index in [-0.39, 0.29) is 12.1 Å². The minimum Gasteiger partial charge on any atom is -0.444 e. The van der Waals surface area contributed by atoms with Gasteiger partial charge in [0, 0.05) is 6.54 Å². The summed E-state index contributed by atoms with van der Waals surface area (Å²) in [4.78, 5) is 19.0. The molecule has 130 valence electrons. The average molecular weight is 351 g/mol. The van der Waals surface area contributed by atoms with Crippen LogP contribution in [0.2, 0.25) is 5.15 Å². The number of nitrogens with zero attached hydrogens (tertiary/aromatic N) is 4. The molecule has 7 heteroatoms. The molecule has 1 atom stereocenters. The second-order valence-corrected chi connectivity index (χ2v) is 7.66. The molecule has 1 aliphatic heterocycles. The third-order valence-corrected chi connectivity index (χ3v) is 4.26. The zero-order chi connectivity index (χ0) is 17.5. The van der Waals surface area contributed by atoms with Crippen LogP contribution in [-0.4, -0.2) is 37.7 Å². The van der Waals surface area contributed by atoms with Crippen molar-refractivity contribution in [1.82, 2.24) is 19.5 Å². The fourth-order valence-electron chi connectivity index (χ4n) is 3.05. The smallest absolute Gasteiger partial charge is 0.410 e. The van der Waals surface area contributed by atoms with Crippen molar-refractivity contribution in [3.05, 3.63) is 28.7 Å². The Morgan fingerprint density at radius 1 is 1.38 bits per heavy atom. The molecule has 6 nitrogen and oxygen atoms in total. The standard InChI is InChI=1S/C17H23ClN4O2/c1-11-9-14(18)20-22-10-12(19-15(11)22)13-7-5-6-8-21(13)16(23)24-17(2,3)4/h9-10,13H,5-8H2,1-4H3. The Balaban J connectivity index is 1.93. The van der Waals surface area contributed by atoms with Crippen molar-refractivity contribution in [3.63, 3.8) is 0 Å². The minimum atomic E-state index is -0.510. The van der Waals surface area contributed by atoms with E-state index in [1.165, 1.54) is 0 Å². The van der Waals surface area contributed by atoms with Gasteiger partial charge in [-0.3, -0.25) is 4.90 Å². The summed E-state index contributed by atoms with van der Waals surface area (Å²) < 4.78 is 7.25. The Labute approximate surface area is 146 Å². The van der Waals surface area contributed by atoms with Crippen LogP contribution in [-0.2, 0) is 4.74 Å². The summed E-state index contributed by atoms with van der Waals surface area (Å²) in [6.45, 7) is 8.27. The predicted molar refractivity (Wildman–Crippen MR) is 92.3 cm³/mol. The number of hydrogen-bond acceptors (Lipinski definition) is 4. The van der Waals surface area contributed by atoms with Gasteiger partial charge in [0.25, 0.3) is 0 Å². The normalized spacial score (nSPS) is 18.9. The second-order valence-electron chi connectivity index (χ2n) is 7.27. The van der Waals surface area contributed by atoms with Gasteiger partial charge in [-0.1, -0.05) is 11.6 Å². The van der Waals surface area contributed by atoms with E-state index >= 15 is 0 Å². The maximum Gasteiger partial charge on any atom is 0.410 e. The summed E-state index contributed by atoms with van der Waals surface area (Å²) in [6.07, 6.45) is 4.49. The number of halogens is 1. The SMILES string of the molecule is Cc1cc(Cl)nn2cc(C3CCCCN3C(=O)OC(C)(C)C)nc12. The van der Waals surface area contributed by atoms with Gasteiger partial charge in [-0.25, -0.2) is 14.3 Å². The maximum absolute atomic E-state index is 12.6. The molecule has 1 amide bonds. The van der Waals surface area contributed by atoms with Gasteiger partial charge in [-0.05, 0) is 58.6 Å². The van der Waals surface area contributed by atoms with Crippen LogP contribution in [0.15, 0.2) is 12.3 Å². The van der Waals surface area contributed by atoms with E-state index in [9.17, 15) is 4.79 Å². The number of piperidine rings is 1. The van der Waals surface area contributed by atoms with Gasteiger partial charge in [0.2, 0.25) is 0 Å². The van der Waals surface area contributed by atoms with Crippen molar-refractivity contribution >= 4 is 23.3 Å². The van der Waals surface area contributed by atoms with E-state index < -0.39 is 5.60 Å². The topological polar surface area (TPSA) is 59.7 Å². The molecular weight excluding hydrogens is 328 g/mol. The zero-order valence-corrected chi connectivity index (χ0v) is 15.3. The van der Waals surface area contributed by atoms with Crippen LogP contribution >= 0.6 is 11.6 Å². The number of imidazole rings is 1. The average Bonchev–Trinajstić information content (AvgIpc) is 2.89. The summed E-state index contributed by atoms with van der Waals surface area (Å²) in [7, 11) is 0. The lowest BCUT2D eigenvalue weighted by atomic mass is 10.0. The molecule has 0 bridgehead atoms. The summed E-state index contributed by atoms with van der Waals surface area (Å²) >= 11 is 6.03. The molecule has 1 saturated heterocycles. The third kappa shape index (κ3) is 3.48. The number of rotatable bonds is 1. The maximum atomic E-state index is 12.6. The number of likely N-dealkylation sites (tertiary alicyclic amines) is 1. The fraction of sp³-hybridized carbons (Fsp3) is 0.588. The van der Waals surface area contributed by atoms with Crippen LogP contribution in [0, 0.1) is 6.92 Å². The van der Waals surface area contributed by atoms with Crippen molar-refractivity contribution in [1.29, 1.82) is 0 Å². The number of fused-ring (bicyclic) bond motifs is 1. The van der Waals surface area contributed by atoms with Crippen LogP contribution in [0.5, 0.6) is 0 Å². The van der Waals surface area contributed by atoms with E-state index in [1.807, 2.05) is 33.9 Å². The molecule has 3 heterocycles. The number of aromatic nitrogens is 3. The van der Waals surface area contributed by atoms with Crippen molar-refractivity contribution < 1.29 is 9.53 Å². The van der Waals surface area contributed by atoms with Crippen molar-refractivity contribution in [3.8, 4) is 0 Å².